The lowest BCUT2D eigenvalue weighted by Gasteiger charge is -2.08. The Bertz CT molecular complexity index is 519. The second-order valence-electron chi connectivity index (χ2n) is 3.80. The number of hydrogen-bond donors (Lipinski definition) is 0. The molecule has 0 unspecified atom stereocenters. The first-order valence-corrected chi connectivity index (χ1v) is 7.23. The normalized spacial score (nSPS) is 9.82. The first-order chi connectivity index (χ1) is 10.4. The number of ether oxygens (including phenoxy) is 1. The predicted octanol–water partition coefficient (Wildman–Crippen LogP) is 6.25. The Labute approximate surface area is 130 Å². The van der Waals surface area contributed by atoms with Gasteiger partial charge in [0.2, 0.25) is 5.88 Å². The maximum absolute atomic E-state index is 12.3. The third-order valence-corrected chi connectivity index (χ3v) is 2.31. The largest absolute Gasteiger partial charge is 0.439 e. The SMILES string of the molecule is CC.CC.Cc1ccc(Oc2ccc(C(F)(F)F)cn2)cc1. The van der Waals surface area contributed by atoms with Crippen molar-refractivity contribution in [2.24, 2.45) is 0 Å². The molecule has 2 aromatic rings. The lowest BCUT2D eigenvalue weighted by atomic mass is 10.2. The minimum absolute atomic E-state index is 0.131. The number of aryl methyl sites for hydroxylation is 1. The van der Waals surface area contributed by atoms with Crippen molar-refractivity contribution < 1.29 is 17.9 Å². The maximum Gasteiger partial charge on any atom is 0.417 e. The zero-order chi connectivity index (χ0) is 17.2. The van der Waals surface area contributed by atoms with Crippen LogP contribution in [0.25, 0.3) is 0 Å². The number of hydrogen-bond acceptors (Lipinski definition) is 2. The quantitative estimate of drug-likeness (QED) is 0.653. The number of aromatic nitrogens is 1. The molecule has 0 bridgehead atoms. The van der Waals surface area contributed by atoms with Crippen LogP contribution in [-0.4, -0.2) is 4.98 Å². The number of benzene rings is 1. The fourth-order valence-electron chi connectivity index (χ4n) is 1.34. The Kier molecular flexibility index (Phi) is 8.91. The summed E-state index contributed by atoms with van der Waals surface area (Å²) >= 11 is 0. The van der Waals surface area contributed by atoms with Crippen molar-refractivity contribution >= 4 is 0 Å². The van der Waals surface area contributed by atoms with Crippen LogP contribution in [0.3, 0.4) is 0 Å². The van der Waals surface area contributed by atoms with E-state index in [0.29, 0.717) is 5.75 Å². The van der Waals surface area contributed by atoms with Gasteiger partial charge in [-0.15, -0.1) is 0 Å². The molecule has 1 aromatic carbocycles. The molecule has 22 heavy (non-hydrogen) atoms. The first-order valence-electron chi connectivity index (χ1n) is 7.23. The van der Waals surface area contributed by atoms with Gasteiger partial charge in [0.1, 0.15) is 5.75 Å². The number of halogens is 3. The molecule has 0 aliphatic rings. The van der Waals surface area contributed by atoms with E-state index in [4.69, 9.17) is 4.74 Å². The van der Waals surface area contributed by atoms with Gasteiger partial charge in [0, 0.05) is 12.3 Å². The minimum atomic E-state index is -4.38. The van der Waals surface area contributed by atoms with E-state index in [1.54, 1.807) is 12.1 Å². The fraction of sp³-hybridized carbons (Fsp3) is 0.353. The third kappa shape index (κ3) is 6.61. The van der Waals surface area contributed by atoms with Gasteiger partial charge in [0.05, 0.1) is 5.56 Å². The van der Waals surface area contributed by atoms with Crippen molar-refractivity contribution in [1.82, 2.24) is 4.98 Å². The molecule has 1 heterocycles. The Morgan fingerprint density at radius 3 is 1.82 bits per heavy atom. The van der Waals surface area contributed by atoms with Crippen LogP contribution in [0.15, 0.2) is 42.6 Å². The topological polar surface area (TPSA) is 22.1 Å². The summed E-state index contributed by atoms with van der Waals surface area (Å²) in [4.78, 5) is 3.62. The standard InChI is InChI=1S/C13H10F3NO.2C2H6/c1-9-2-5-11(6-3-9)18-12-7-4-10(8-17-12)13(14,15)16;2*1-2/h2-8H,1H3;2*1-2H3. The maximum atomic E-state index is 12.3. The molecule has 0 saturated heterocycles. The van der Waals surface area contributed by atoms with Gasteiger partial charge in [-0.05, 0) is 25.1 Å². The van der Waals surface area contributed by atoms with Crippen LogP contribution < -0.4 is 4.74 Å². The molecule has 0 aliphatic heterocycles. The monoisotopic (exact) mass is 313 g/mol. The molecule has 122 valence electrons. The molecule has 0 aliphatic carbocycles. The number of alkyl halides is 3. The smallest absolute Gasteiger partial charge is 0.417 e. The molecule has 0 saturated carbocycles. The zero-order valence-corrected chi connectivity index (χ0v) is 13.5. The summed E-state index contributed by atoms with van der Waals surface area (Å²) in [7, 11) is 0. The van der Waals surface area contributed by atoms with Crippen molar-refractivity contribution in [3.63, 3.8) is 0 Å². The molecular formula is C17H22F3NO. The summed E-state index contributed by atoms with van der Waals surface area (Å²) < 4.78 is 42.3. The van der Waals surface area contributed by atoms with Crippen LogP contribution >= 0.6 is 0 Å². The van der Waals surface area contributed by atoms with Crippen LogP contribution in [-0.2, 0) is 6.18 Å². The summed E-state index contributed by atoms with van der Waals surface area (Å²) in [5, 5.41) is 0. The average Bonchev–Trinajstić information content (AvgIpc) is 2.53. The summed E-state index contributed by atoms with van der Waals surface area (Å²) in [6.45, 7) is 9.93. The van der Waals surface area contributed by atoms with Crippen LogP contribution in [0.5, 0.6) is 11.6 Å². The molecule has 2 rings (SSSR count). The first kappa shape index (κ1) is 20.0. The molecule has 0 spiro atoms. The van der Waals surface area contributed by atoms with Crippen LogP contribution in [0.1, 0.15) is 38.8 Å². The van der Waals surface area contributed by atoms with E-state index < -0.39 is 11.7 Å². The highest BCUT2D eigenvalue weighted by atomic mass is 19.4. The van der Waals surface area contributed by atoms with E-state index in [1.807, 2.05) is 46.8 Å². The summed E-state index contributed by atoms with van der Waals surface area (Å²) in [5.41, 5.74) is 0.279. The second-order valence-corrected chi connectivity index (χ2v) is 3.80. The summed E-state index contributed by atoms with van der Waals surface area (Å²) in [6.07, 6.45) is -3.63. The molecular weight excluding hydrogens is 291 g/mol. The fourth-order valence-corrected chi connectivity index (χ4v) is 1.34. The van der Waals surface area contributed by atoms with E-state index in [9.17, 15) is 13.2 Å². The van der Waals surface area contributed by atoms with Crippen LogP contribution in [0.4, 0.5) is 13.2 Å². The molecule has 1 aromatic heterocycles. The van der Waals surface area contributed by atoms with Crippen LogP contribution in [0, 0.1) is 6.92 Å². The van der Waals surface area contributed by atoms with Crippen molar-refractivity contribution in [2.45, 2.75) is 40.8 Å². The van der Waals surface area contributed by atoms with E-state index in [0.717, 1.165) is 17.8 Å². The van der Waals surface area contributed by atoms with Crippen molar-refractivity contribution in [2.75, 3.05) is 0 Å². The van der Waals surface area contributed by atoms with E-state index in [-0.39, 0.29) is 5.88 Å². The Balaban J connectivity index is 0.00000102. The van der Waals surface area contributed by atoms with Crippen molar-refractivity contribution in [3.05, 3.63) is 53.7 Å². The number of nitrogens with zero attached hydrogens (tertiary/aromatic N) is 1. The van der Waals surface area contributed by atoms with E-state index in [2.05, 4.69) is 4.98 Å². The van der Waals surface area contributed by atoms with Gasteiger partial charge in [-0.2, -0.15) is 13.2 Å². The number of pyridine rings is 1. The molecule has 5 heteroatoms. The van der Waals surface area contributed by atoms with Crippen LogP contribution in [0.2, 0.25) is 0 Å². The Morgan fingerprint density at radius 2 is 1.41 bits per heavy atom. The molecule has 0 fully saturated rings. The highest BCUT2D eigenvalue weighted by Crippen LogP contribution is 2.29. The summed E-state index contributed by atoms with van der Waals surface area (Å²) in [5.74, 6) is 0.666. The van der Waals surface area contributed by atoms with Gasteiger partial charge < -0.3 is 4.74 Å². The lowest BCUT2D eigenvalue weighted by molar-refractivity contribution is -0.137. The highest BCUT2D eigenvalue weighted by Gasteiger charge is 2.30. The van der Waals surface area contributed by atoms with E-state index in [1.165, 1.54) is 6.07 Å². The molecule has 0 N–H and O–H groups in total. The summed E-state index contributed by atoms with van der Waals surface area (Å²) in [6, 6.07) is 9.29. The third-order valence-electron chi connectivity index (χ3n) is 2.31. The zero-order valence-electron chi connectivity index (χ0n) is 13.5. The van der Waals surface area contributed by atoms with Gasteiger partial charge in [-0.3, -0.25) is 0 Å². The minimum Gasteiger partial charge on any atom is -0.439 e. The Morgan fingerprint density at radius 1 is 0.864 bits per heavy atom. The van der Waals surface area contributed by atoms with Gasteiger partial charge in [0.25, 0.3) is 0 Å². The molecule has 0 amide bonds. The van der Waals surface area contributed by atoms with Gasteiger partial charge in [-0.25, -0.2) is 4.98 Å². The second kappa shape index (κ2) is 9.82. The molecule has 2 nitrogen and oxygen atoms in total. The van der Waals surface area contributed by atoms with Gasteiger partial charge >= 0.3 is 6.18 Å². The molecule has 0 radical (unpaired) electrons. The Hall–Kier alpha value is -2.04. The molecule has 0 atom stereocenters. The van der Waals surface area contributed by atoms with Crippen molar-refractivity contribution in [1.29, 1.82) is 0 Å². The lowest BCUT2D eigenvalue weighted by Crippen LogP contribution is -2.05. The predicted molar refractivity (Wildman–Crippen MR) is 83.2 cm³/mol. The highest BCUT2D eigenvalue weighted by molar-refractivity contribution is 5.30. The van der Waals surface area contributed by atoms with E-state index >= 15 is 0 Å². The van der Waals surface area contributed by atoms with Gasteiger partial charge in [-0.1, -0.05) is 45.4 Å². The number of rotatable bonds is 2. The van der Waals surface area contributed by atoms with Gasteiger partial charge in [0.15, 0.2) is 0 Å². The van der Waals surface area contributed by atoms with Crippen molar-refractivity contribution in [3.8, 4) is 11.6 Å². The average molecular weight is 313 g/mol.